The minimum atomic E-state index is 0.0479. The lowest BCUT2D eigenvalue weighted by Gasteiger charge is -2.31. The normalized spacial score (nSPS) is 14.7. The third kappa shape index (κ3) is 3.54. The second kappa shape index (κ2) is 7.70. The molecule has 0 aromatic heterocycles. The van der Waals surface area contributed by atoms with Crippen molar-refractivity contribution in [1.82, 2.24) is 0 Å². The van der Waals surface area contributed by atoms with E-state index in [1.165, 1.54) is 22.3 Å². The van der Waals surface area contributed by atoms with Crippen molar-refractivity contribution >= 4 is 0 Å². The molecule has 0 heteroatoms. The molecule has 0 nitrogen and oxygen atoms in total. The van der Waals surface area contributed by atoms with Crippen molar-refractivity contribution in [2.75, 3.05) is 0 Å². The van der Waals surface area contributed by atoms with Crippen molar-refractivity contribution in [3.05, 3.63) is 107 Å². The summed E-state index contributed by atoms with van der Waals surface area (Å²) in [7, 11) is 0. The van der Waals surface area contributed by atoms with Gasteiger partial charge < -0.3 is 0 Å². The topological polar surface area (TPSA) is 0 Å². The Kier molecular flexibility index (Phi) is 5.38. The lowest BCUT2D eigenvalue weighted by atomic mass is 9.73. The molecule has 0 aliphatic carbocycles. The third-order valence-electron chi connectivity index (χ3n) is 5.65. The average molecular weight is 328 g/mol. The molecule has 2 atom stereocenters. The molecular weight excluding hydrogens is 300 g/mol. The molecule has 0 N–H and O–H groups in total. The Morgan fingerprint density at radius 2 is 1.24 bits per heavy atom. The molecule has 0 aliphatic rings. The van der Waals surface area contributed by atoms with Crippen LogP contribution < -0.4 is 0 Å². The van der Waals surface area contributed by atoms with E-state index < -0.39 is 0 Å². The maximum Gasteiger partial charge on any atom is 0.0172 e. The zero-order valence-corrected chi connectivity index (χ0v) is 15.6. The molecule has 25 heavy (non-hydrogen) atoms. The number of rotatable bonds is 6. The lowest BCUT2D eigenvalue weighted by Crippen LogP contribution is -2.22. The maximum atomic E-state index is 2.43. The van der Waals surface area contributed by atoms with E-state index in [1.54, 1.807) is 0 Å². The van der Waals surface area contributed by atoms with Crippen LogP contribution in [0.1, 0.15) is 61.8 Å². The third-order valence-corrected chi connectivity index (χ3v) is 5.65. The zero-order valence-electron chi connectivity index (χ0n) is 15.6. The predicted octanol–water partition coefficient (Wildman–Crippen LogP) is 6.94. The first-order valence-corrected chi connectivity index (χ1v) is 9.40. The molecule has 0 bridgehead atoms. The van der Waals surface area contributed by atoms with Gasteiger partial charge in [-0.15, -0.1) is 0 Å². The van der Waals surface area contributed by atoms with Crippen LogP contribution in [0.4, 0.5) is 0 Å². The SMILES string of the molecule is CCC(c1ccccc1)c1cccc(C(C)(CC)c2ccccc2)c1. The highest BCUT2D eigenvalue weighted by Gasteiger charge is 2.27. The highest BCUT2D eigenvalue weighted by atomic mass is 14.3. The average Bonchev–Trinajstić information content (AvgIpc) is 2.70. The molecule has 0 radical (unpaired) electrons. The van der Waals surface area contributed by atoms with Gasteiger partial charge in [0, 0.05) is 11.3 Å². The Balaban J connectivity index is 2.03. The largest absolute Gasteiger partial charge is 0.0645 e. The molecule has 0 heterocycles. The second-order valence-electron chi connectivity index (χ2n) is 7.05. The summed E-state index contributed by atoms with van der Waals surface area (Å²) >= 11 is 0. The first-order valence-electron chi connectivity index (χ1n) is 9.40. The molecule has 3 aromatic rings. The lowest BCUT2D eigenvalue weighted by molar-refractivity contribution is 0.548. The molecule has 3 rings (SSSR count). The van der Waals surface area contributed by atoms with Crippen molar-refractivity contribution in [3.8, 4) is 0 Å². The highest BCUT2D eigenvalue weighted by molar-refractivity contribution is 5.42. The summed E-state index contributed by atoms with van der Waals surface area (Å²) in [5.41, 5.74) is 5.67. The molecule has 0 fully saturated rings. The Labute approximate surface area is 152 Å². The molecule has 0 saturated heterocycles. The van der Waals surface area contributed by atoms with E-state index >= 15 is 0 Å². The summed E-state index contributed by atoms with van der Waals surface area (Å²) < 4.78 is 0. The smallest absolute Gasteiger partial charge is 0.0172 e. The molecule has 2 unspecified atom stereocenters. The summed E-state index contributed by atoms with van der Waals surface area (Å²) in [5.74, 6) is 0.457. The zero-order chi connectivity index (χ0) is 17.7. The van der Waals surface area contributed by atoms with Gasteiger partial charge >= 0.3 is 0 Å². The molecular formula is C25H28. The van der Waals surface area contributed by atoms with Gasteiger partial charge in [0.25, 0.3) is 0 Å². The fourth-order valence-electron chi connectivity index (χ4n) is 3.83. The van der Waals surface area contributed by atoms with Gasteiger partial charge in [-0.2, -0.15) is 0 Å². The first-order chi connectivity index (χ1) is 12.2. The fraction of sp³-hybridized carbons (Fsp3) is 0.280. The van der Waals surface area contributed by atoms with Gasteiger partial charge in [0.15, 0.2) is 0 Å². The molecule has 0 saturated carbocycles. The van der Waals surface area contributed by atoms with Gasteiger partial charge in [0.05, 0.1) is 0 Å². The van der Waals surface area contributed by atoms with Gasteiger partial charge in [0.2, 0.25) is 0 Å². The molecule has 3 aromatic carbocycles. The van der Waals surface area contributed by atoms with E-state index in [0.29, 0.717) is 5.92 Å². The van der Waals surface area contributed by atoms with Crippen LogP contribution in [-0.2, 0) is 5.41 Å². The summed E-state index contributed by atoms with van der Waals surface area (Å²) in [6.07, 6.45) is 2.20. The Morgan fingerprint density at radius 3 is 1.84 bits per heavy atom. The van der Waals surface area contributed by atoms with Crippen LogP contribution in [0.15, 0.2) is 84.9 Å². The number of hydrogen-bond donors (Lipinski definition) is 0. The summed E-state index contributed by atoms with van der Waals surface area (Å²) in [4.78, 5) is 0. The van der Waals surface area contributed by atoms with E-state index in [0.717, 1.165) is 12.8 Å². The van der Waals surface area contributed by atoms with Crippen molar-refractivity contribution < 1.29 is 0 Å². The van der Waals surface area contributed by atoms with Crippen LogP contribution in [0.5, 0.6) is 0 Å². The van der Waals surface area contributed by atoms with Gasteiger partial charge in [-0.3, -0.25) is 0 Å². The van der Waals surface area contributed by atoms with E-state index in [1.807, 2.05) is 0 Å². The van der Waals surface area contributed by atoms with Crippen LogP contribution in [0.3, 0.4) is 0 Å². The quantitative estimate of drug-likeness (QED) is 0.459. The van der Waals surface area contributed by atoms with Gasteiger partial charge in [0.1, 0.15) is 0 Å². The number of hydrogen-bond acceptors (Lipinski definition) is 0. The van der Waals surface area contributed by atoms with Gasteiger partial charge in [-0.1, -0.05) is 106 Å². The van der Waals surface area contributed by atoms with Crippen molar-refractivity contribution in [1.29, 1.82) is 0 Å². The van der Waals surface area contributed by atoms with Crippen molar-refractivity contribution in [2.24, 2.45) is 0 Å². The molecule has 0 aliphatic heterocycles. The molecule has 128 valence electrons. The fourth-order valence-corrected chi connectivity index (χ4v) is 3.83. The second-order valence-corrected chi connectivity index (χ2v) is 7.05. The Bertz CT molecular complexity index is 789. The predicted molar refractivity (Wildman–Crippen MR) is 108 cm³/mol. The summed E-state index contributed by atoms with van der Waals surface area (Å²) in [5, 5.41) is 0. The highest BCUT2D eigenvalue weighted by Crippen LogP contribution is 2.37. The van der Waals surface area contributed by atoms with E-state index in [2.05, 4.69) is 106 Å². The van der Waals surface area contributed by atoms with Crippen LogP contribution in [0.2, 0.25) is 0 Å². The maximum absolute atomic E-state index is 2.43. The summed E-state index contributed by atoms with van der Waals surface area (Å²) in [6.45, 7) is 6.93. The van der Waals surface area contributed by atoms with Crippen molar-refractivity contribution in [2.45, 2.75) is 44.9 Å². The monoisotopic (exact) mass is 328 g/mol. The van der Waals surface area contributed by atoms with Crippen LogP contribution in [0.25, 0.3) is 0 Å². The van der Waals surface area contributed by atoms with Gasteiger partial charge in [-0.05, 0) is 35.1 Å². The minimum absolute atomic E-state index is 0.0479. The summed E-state index contributed by atoms with van der Waals surface area (Å²) in [6, 6.07) is 31.0. The van der Waals surface area contributed by atoms with Crippen LogP contribution in [0, 0.1) is 0 Å². The standard InChI is InChI=1S/C25H28/c1-4-24(20-13-8-6-9-14-20)21-15-12-18-23(19-21)25(3,5-2)22-16-10-7-11-17-22/h6-19,24H,4-5H2,1-3H3. The Hall–Kier alpha value is -2.34. The van der Waals surface area contributed by atoms with Gasteiger partial charge in [-0.25, -0.2) is 0 Å². The molecule has 0 spiro atoms. The first kappa shape index (κ1) is 17.5. The minimum Gasteiger partial charge on any atom is -0.0645 e. The van der Waals surface area contributed by atoms with Crippen molar-refractivity contribution in [3.63, 3.8) is 0 Å². The Morgan fingerprint density at radius 1 is 0.680 bits per heavy atom. The van der Waals surface area contributed by atoms with E-state index in [4.69, 9.17) is 0 Å². The number of benzene rings is 3. The molecule has 0 amide bonds. The van der Waals surface area contributed by atoms with E-state index in [9.17, 15) is 0 Å². The van der Waals surface area contributed by atoms with Crippen LogP contribution in [-0.4, -0.2) is 0 Å². The van der Waals surface area contributed by atoms with Crippen LogP contribution >= 0.6 is 0 Å². The van der Waals surface area contributed by atoms with E-state index in [-0.39, 0.29) is 5.41 Å².